The van der Waals surface area contributed by atoms with E-state index in [-0.39, 0.29) is 0 Å². The van der Waals surface area contributed by atoms with Crippen molar-refractivity contribution in [1.82, 2.24) is 15.2 Å². The molecule has 0 amide bonds. The Labute approximate surface area is 128 Å². The minimum Gasteiger partial charge on any atom is -0.310 e. The van der Waals surface area contributed by atoms with Gasteiger partial charge in [0.2, 0.25) is 0 Å². The van der Waals surface area contributed by atoms with Crippen molar-refractivity contribution in [2.45, 2.75) is 25.9 Å². The number of pyridine rings is 1. The van der Waals surface area contributed by atoms with Crippen molar-refractivity contribution in [3.8, 4) is 0 Å². The summed E-state index contributed by atoms with van der Waals surface area (Å²) in [5, 5.41) is 3.56. The first kappa shape index (κ1) is 15.7. The molecule has 1 N–H and O–H groups in total. The average Bonchev–Trinajstić information content (AvgIpc) is 2.53. The third-order valence-electron chi connectivity index (χ3n) is 3.67. The van der Waals surface area contributed by atoms with E-state index in [0.717, 1.165) is 26.1 Å². The standard InChI is InChI=1S/C18H25N3/c1-16(18-9-12-19-13-10-18)20-11-6-14-21(2)15-17-7-4-3-5-8-17/h3-5,7-10,12-13,16,20H,6,11,14-15H2,1-2H3. The average molecular weight is 283 g/mol. The molecule has 1 aromatic carbocycles. The van der Waals surface area contributed by atoms with E-state index in [2.05, 4.69) is 71.6 Å². The number of benzene rings is 1. The van der Waals surface area contributed by atoms with E-state index in [4.69, 9.17) is 0 Å². The van der Waals surface area contributed by atoms with Gasteiger partial charge >= 0.3 is 0 Å². The smallest absolute Gasteiger partial charge is 0.0292 e. The maximum atomic E-state index is 4.05. The van der Waals surface area contributed by atoms with Gasteiger partial charge in [0.25, 0.3) is 0 Å². The molecule has 0 spiro atoms. The summed E-state index contributed by atoms with van der Waals surface area (Å²) >= 11 is 0. The molecule has 0 aliphatic heterocycles. The van der Waals surface area contributed by atoms with Crippen molar-refractivity contribution in [2.24, 2.45) is 0 Å². The monoisotopic (exact) mass is 283 g/mol. The van der Waals surface area contributed by atoms with E-state index in [9.17, 15) is 0 Å². The molecule has 0 saturated heterocycles. The molecule has 1 unspecified atom stereocenters. The summed E-state index contributed by atoms with van der Waals surface area (Å²) in [6.07, 6.45) is 4.85. The van der Waals surface area contributed by atoms with Crippen LogP contribution in [0.2, 0.25) is 0 Å². The largest absolute Gasteiger partial charge is 0.310 e. The molecule has 112 valence electrons. The first-order chi connectivity index (χ1) is 10.3. The molecule has 0 saturated carbocycles. The van der Waals surface area contributed by atoms with Gasteiger partial charge in [0.1, 0.15) is 0 Å². The Morgan fingerprint density at radius 2 is 1.81 bits per heavy atom. The van der Waals surface area contributed by atoms with Crippen LogP contribution in [0.25, 0.3) is 0 Å². The van der Waals surface area contributed by atoms with Crippen LogP contribution in [0.5, 0.6) is 0 Å². The van der Waals surface area contributed by atoms with Crippen molar-refractivity contribution in [3.05, 3.63) is 66.0 Å². The van der Waals surface area contributed by atoms with E-state index in [0.29, 0.717) is 6.04 Å². The van der Waals surface area contributed by atoms with Crippen molar-refractivity contribution in [2.75, 3.05) is 20.1 Å². The van der Waals surface area contributed by atoms with Crippen molar-refractivity contribution in [3.63, 3.8) is 0 Å². The predicted molar refractivity (Wildman–Crippen MR) is 88.0 cm³/mol. The van der Waals surface area contributed by atoms with Crippen LogP contribution < -0.4 is 5.32 Å². The zero-order chi connectivity index (χ0) is 14.9. The molecular weight excluding hydrogens is 258 g/mol. The molecule has 3 nitrogen and oxygen atoms in total. The highest BCUT2D eigenvalue weighted by Gasteiger charge is 2.04. The highest BCUT2D eigenvalue weighted by atomic mass is 15.1. The van der Waals surface area contributed by atoms with Gasteiger partial charge in [-0.3, -0.25) is 4.98 Å². The summed E-state index contributed by atoms with van der Waals surface area (Å²) in [5.74, 6) is 0. The first-order valence-electron chi connectivity index (χ1n) is 7.61. The molecule has 21 heavy (non-hydrogen) atoms. The van der Waals surface area contributed by atoms with Crippen LogP contribution in [-0.2, 0) is 6.54 Å². The second-order valence-corrected chi connectivity index (χ2v) is 5.53. The Balaban J connectivity index is 1.63. The van der Waals surface area contributed by atoms with Crippen molar-refractivity contribution < 1.29 is 0 Å². The van der Waals surface area contributed by atoms with Gasteiger partial charge in [-0.2, -0.15) is 0 Å². The van der Waals surface area contributed by atoms with Crippen LogP contribution in [-0.4, -0.2) is 30.0 Å². The normalized spacial score (nSPS) is 12.5. The lowest BCUT2D eigenvalue weighted by molar-refractivity contribution is 0.317. The summed E-state index contributed by atoms with van der Waals surface area (Å²) in [5.41, 5.74) is 2.67. The highest BCUT2D eigenvalue weighted by Crippen LogP contribution is 2.10. The third-order valence-corrected chi connectivity index (χ3v) is 3.67. The molecule has 0 fully saturated rings. The number of rotatable bonds is 8. The van der Waals surface area contributed by atoms with Gasteiger partial charge in [-0.25, -0.2) is 0 Å². The fraction of sp³-hybridized carbons (Fsp3) is 0.389. The zero-order valence-corrected chi connectivity index (χ0v) is 13.0. The summed E-state index contributed by atoms with van der Waals surface area (Å²) in [4.78, 5) is 6.42. The molecule has 1 heterocycles. The summed E-state index contributed by atoms with van der Waals surface area (Å²) in [6, 6.07) is 15.1. The van der Waals surface area contributed by atoms with E-state index in [1.165, 1.54) is 11.1 Å². The van der Waals surface area contributed by atoms with Crippen molar-refractivity contribution >= 4 is 0 Å². The molecule has 2 rings (SSSR count). The number of aromatic nitrogens is 1. The maximum absolute atomic E-state index is 4.05. The fourth-order valence-corrected chi connectivity index (χ4v) is 2.41. The van der Waals surface area contributed by atoms with Gasteiger partial charge in [-0.1, -0.05) is 30.3 Å². The Morgan fingerprint density at radius 1 is 1.10 bits per heavy atom. The number of hydrogen-bond donors (Lipinski definition) is 1. The van der Waals surface area contributed by atoms with Crippen LogP contribution in [0.15, 0.2) is 54.9 Å². The van der Waals surface area contributed by atoms with Crippen LogP contribution >= 0.6 is 0 Å². The fourth-order valence-electron chi connectivity index (χ4n) is 2.41. The minimum absolute atomic E-state index is 0.382. The molecule has 2 aromatic rings. The number of nitrogens with one attached hydrogen (secondary N) is 1. The minimum atomic E-state index is 0.382. The molecule has 1 atom stereocenters. The van der Waals surface area contributed by atoms with Gasteiger partial charge < -0.3 is 10.2 Å². The topological polar surface area (TPSA) is 28.2 Å². The molecule has 0 bridgehead atoms. The lowest BCUT2D eigenvalue weighted by Gasteiger charge is -2.18. The van der Waals surface area contributed by atoms with E-state index >= 15 is 0 Å². The highest BCUT2D eigenvalue weighted by molar-refractivity contribution is 5.14. The molecule has 3 heteroatoms. The van der Waals surface area contributed by atoms with Gasteiger partial charge in [-0.15, -0.1) is 0 Å². The van der Waals surface area contributed by atoms with Crippen LogP contribution in [0.3, 0.4) is 0 Å². The molecule has 0 radical (unpaired) electrons. The van der Waals surface area contributed by atoms with E-state index in [1.54, 1.807) is 0 Å². The Morgan fingerprint density at radius 3 is 2.52 bits per heavy atom. The number of hydrogen-bond acceptors (Lipinski definition) is 3. The Kier molecular flexibility index (Phi) is 6.38. The zero-order valence-electron chi connectivity index (χ0n) is 13.0. The maximum Gasteiger partial charge on any atom is 0.0292 e. The van der Waals surface area contributed by atoms with Gasteiger partial charge in [0, 0.05) is 25.0 Å². The predicted octanol–water partition coefficient (Wildman–Crippen LogP) is 3.25. The molecule has 0 aliphatic carbocycles. The van der Waals surface area contributed by atoms with Gasteiger partial charge in [0.15, 0.2) is 0 Å². The van der Waals surface area contributed by atoms with E-state index in [1.807, 2.05) is 12.4 Å². The van der Waals surface area contributed by atoms with Gasteiger partial charge in [-0.05, 0) is 56.7 Å². The number of nitrogens with zero attached hydrogens (tertiary/aromatic N) is 2. The summed E-state index contributed by atoms with van der Waals surface area (Å²) in [7, 11) is 2.18. The SMILES string of the molecule is CC(NCCCN(C)Cc1ccccc1)c1ccncc1. The second kappa shape index (κ2) is 8.55. The van der Waals surface area contributed by atoms with Gasteiger partial charge in [0.05, 0.1) is 0 Å². The summed E-state index contributed by atoms with van der Waals surface area (Å²) in [6.45, 7) is 5.34. The Bertz CT molecular complexity index is 498. The van der Waals surface area contributed by atoms with E-state index < -0.39 is 0 Å². The third kappa shape index (κ3) is 5.66. The Hall–Kier alpha value is -1.71. The van der Waals surface area contributed by atoms with Crippen LogP contribution in [0, 0.1) is 0 Å². The van der Waals surface area contributed by atoms with Crippen LogP contribution in [0.1, 0.15) is 30.5 Å². The lowest BCUT2D eigenvalue weighted by atomic mass is 10.1. The lowest BCUT2D eigenvalue weighted by Crippen LogP contribution is -2.25. The quantitative estimate of drug-likeness (QED) is 0.754. The first-order valence-corrected chi connectivity index (χ1v) is 7.61. The second-order valence-electron chi connectivity index (χ2n) is 5.53. The summed E-state index contributed by atoms with van der Waals surface area (Å²) < 4.78 is 0. The molecular formula is C18H25N3. The van der Waals surface area contributed by atoms with Crippen molar-refractivity contribution in [1.29, 1.82) is 0 Å². The van der Waals surface area contributed by atoms with Crippen LogP contribution in [0.4, 0.5) is 0 Å². The molecule has 0 aliphatic rings. The molecule has 1 aromatic heterocycles.